The van der Waals surface area contributed by atoms with E-state index in [2.05, 4.69) is 10.6 Å². The molecule has 10 heteroatoms. The Balaban J connectivity index is 1.88. The lowest BCUT2D eigenvalue weighted by Crippen LogP contribution is -2.52. The molecule has 29 heavy (non-hydrogen) atoms. The van der Waals surface area contributed by atoms with E-state index in [0.717, 1.165) is 10.5 Å². The lowest BCUT2D eigenvalue weighted by Gasteiger charge is -2.21. The van der Waals surface area contributed by atoms with Crippen LogP contribution in [0.4, 0.5) is 4.79 Å². The van der Waals surface area contributed by atoms with Crippen LogP contribution < -0.4 is 21.5 Å². The van der Waals surface area contributed by atoms with E-state index in [1.165, 1.54) is 0 Å². The van der Waals surface area contributed by atoms with Gasteiger partial charge in [-0.05, 0) is 39.2 Å². The van der Waals surface area contributed by atoms with Gasteiger partial charge in [-0.1, -0.05) is 30.3 Å². The van der Waals surface area contributed by atoms with Gasteiger partial charge >= 0.3 is 17.8 Å². The third-order valence-electron chi connectivity index (χ3n) is 4.34. The monoisotopic (exact) mass is 403 g/mol. The zero-order valence-electron chi connectivity index (χ0n) is 16.6. The van der Waals surface area contributed by atoms with Crippen molar-refractivity contribution in [2.75, 3.05) is 6.54 Å². The maximum absolute atomic E-state index is 12.7. The van der Waals surface area contributed by atoms with Gasteiger partial charge in [0.25, 0.3) is 11.8 Å². The quantitative estimate of drug-likeness (QED) is 0.291. The molecule has 2 rings (SSSR count). The molecule has 0 unspecified atom stereocenters. The topological polar surface area (TPSA) is 137 Å². The van der Waals surface area contributed by atoms with Gasteiger partial charge in [-0.25, -0.2) is 4.79 Å². The number of benzene rings is 1. The third-order valence-corrected chi connectivity index (χ3v) is 4.34. The number of amides is 6. The largest absolute Gasteiger partial charge is 0.346 e. The van der Waals surface area contributed by atoms with Crippen LogP contribution in [-0.4, -0.2) is 52.7 Å². The van der Waals surface area contributed by atoms with Crippen LogP contribution in [0.15, 0.2) is 30.3 Å². The molecule has 1 atom stereocenters. The smallest absolute Gasteiger partial charge is 0.327 e. The zero-order chi connectivity index (χ0) is 21.6. The molecule has 0 aromatic heterocycles. The number of carbonyl (C=O) groups excluding carboxylic acids is 5. The number of hydrogen-bond acceptors (Lipinski definition) is 5. The Morgan fingerprint density at radius 1 is 1.07 bits per heavy atom. The van der Waals surface area contributed by atoms with Crippen LogP contribution in [0.3, 0.4) is 0 Å². The minimum absolute atomic E-state index is 0.247. The molecule has 1 saturated heterocycles. The van der Waals surface area contributed by atoms with Gasteiger partial charge < -0.3 is 10.6 Å². The van der Waals surface area contributed by atoms with Crippen LogP contribution in [0.1, 0.15) is 32.8 Å². The highest BCUT2D eigenvalue weighted by atomic mass is 16.2. The van der Waals surface area contributed by atoms with Crippen LogP contribution >= 0.6 is 0 Å². The molecular weight excluding hydrogens is 378 g/mol. The highest BCUT2D eigenvalue weighted by Crippen LogP contribution is 2.23. The van der Waals surface area contributed by atoms with E-state index in [1.807, 2.05) is 41.2 Å². The van der Waals surface area contributed by atoms with Crippen molar-refractivity contribution in [1.82, 2.24) is 26.4 Å². The predicted octanol–water partition coefficient (Wildman–Crippen LogP) is -0.398. The van der Waals surface area contributed by atoms with E-state index in [4.69, 9.17) is 0 Å². The van der Waals surface area contributed by atoms with Gasteiger partial charge in [-0.3, -0.25) is 34.9 Å². The summed E-state index contributed by atoms with van der Waals surface area (Å²) < 4.78 is 0. The van der Waals surface area contributed by atoms with Crippen LogP contribution in [0.5, 0.6) is 0 Å². The fraction of sp³-hybridized carbons (Fsp3) is 0.421. The highest BCUT2D eigenvalue weighted by molar-refractivity contribution is 6.35. The number of aryl methyl sites for hydroxylation is 1. The van der Waals surface area contributed by atoms with Crippen molar-refractivity contribution in [2.45, 2.75) is 45.2 Å². The molecule has 4 N–H and O–H groups in total. The number of hydrazine groups is 1. The second kappa shape index (κ2) is 9.18. The van der Waals surface area contributed by atoms with E-state index in [1.54, 1.807) is 20.8 Å². The average Bonchev–Trinajstić information content (AvgIpc) is 2.88. The maximum atomic E-state index is 12.7. The number of urea groups is 1. The molecule has 156 valence electrons. The summed E-state index contributed by atoms with van der Waals surface area (Å²) in [6.45, 7) is 4.37. The second-order valence-electron chi connectivity index (χ2n) is 7.27. The first-order valence-corrected chi connectivity index (χ1v) is 9.20. The van der Waals surface area contributed by atoms with Crippen LogP contribution in [0.2, 0.25) is 0 Å². The van der Waals surface area contributed by atoms with Crippen LogP contribution in [0.25, 0.3) is 0 Å². The third kappa shape index (κ3) is 5.77. The Bertz CT molecular complexity index is 810. The molecule has 0 bridgehead atoms. The van der Waals surface area contributed by atoms with E-state index in [-0.39, 0.29) is 6.04 Å². The number of imide groups is 1. The summed E-state index contributed by atoms with van der Waals surface area (Å²) in [6.07, 6.45) is 0.941. The molecule has 1 aliphatic heterocycles. The minimum Gasteiger partial charge on any atom is -0.346 e. The molecule has 1 aliphatic rings. The van der Waals surface area contributed by atoms with E-state index in [0.29, 0.717) is 12.8 Å². The van der Waals surface area contributed by atoms with Crippen LogP contribution in [0, 0.1) is 0 Å². The van der Waals surface area contributed by atoms with E-state index in [9.17, 15) is 24.0 Å². The van der Waals surface area contributed by atoms with Gasteiger partial charge in [0, 0.05) is 6.04 Å². The molecule has 0 saturated carbocycles. The lowest BCUT2D eigenvalue weighted by molar-refractivity contribution is -0.141. The predicted molar refractivity (Wildman–Crippen MR) is 103 cm³/mol. The van der Waals surface area contributed by atoms with Crippen molar-refractivity contribution in [3.63, 3.8) is 0 Å². The summed E-state index contributed by atoms with van der Waals surface area (Å²) in [5.74, 6) is -3.32. The first-order valence-electron chi connectivity index (χ1n) is 9.20. The van der Waals surface area contributed by atoms with Gasteiger partial charge in [0.05, 0.1) is 0 Å². The molecule has 6 amide bonds. The normalized spacial score (nSPS) is 18.4. The van der Waals surface area contributed by atoms with Crippen molar-refractivity contribution in [3.05, 3.63) is 35.9 Å². The van der Waals surface area contributed by atoms with Crippen LogP contribution in [-0.2, 0) is 25.6 Å². The van der Waals surface area contributed by atoms with Gasteiger partial charge in [0.15, 0.2) is 0 Å². The molecular formula is C19H25N5O5. The molecule has 1 aromatic carbocycles. The minimum atomic E-state index is -1.13. The fourth-order valence-electron chi connectivity index (χ4n) is 2.79. The first-order chi connectivity index (χ1) is 13.6. The molecule has 1 aromatic rings. The Morgan fingerprint density at radius 2 is 1.72 bits per heavy atom. The summed E-state index contributed by atoms with van der Waals surface area (Å²) in [4.78, 5) is 60.7. The standard InChI is InChI=1S/C19H25N5O5/c1-12(2)20-15(26)16(27)23-22-14(25)11-24-17(28)19(3,21-18(24)29)10-9-13-7-5-4-6-8-13/h4-8,12H,9-11H2,1-3H3,(H,20,26)(H,21,29)(H,22,25)(H,23,27)/t19-/m1/s1. The first kappa shape index (κ1) is 21.9. The Hall–Kier alpha value is -3.43. The van der Waals surface area contributed by atoms with Crippen molar-refractivity contribution in [1.29, 1.82) is 0 Å². The Labute approximate surface area is 168 Å². The zero-order valence-corrected chi connectivity index (χ0v) is 16.6. The number of nitrogens with zero attached hydrogens (tertiary/aromatic N) is 1. The summed E-state index contributed by atoms with van der Waals surface area (Å²) >= 11 is 0. The van der Waals surface area contributed by atoms with Crippen molar-refractivity contribution in [2.24, 2.45) is 0 Å². The van der Waals surface area contributed by atoms with Gasteiger partial charge in [-0.2, -0.15) is 0 Å². The van der Waals surface area contributed by atoms with Crippen molar-refractivity contribution in [3.8, 4) is 0 Å². The number of carbonyl (C=O) groups is 5. The number of nitrogens with one attached hydrogen (secondary N) is 4. The number of hydrogen-bond donors (Lipinski definition) is 4. The van der Waals surface area contributed by atoms with Crippen molar-refractivity contribution < 1.29 is 24.0 Å². The van der Waals surface area contributed by atoms with Crippen molar-refractivity contribution >= 4 is 29.7 Å². The summed E-state index contributed by atoms with van der Waals surface area (Å²) in [6, 6.07) is 8.58. The molecule has 10 nitrogen and oxygen atoms in total. The Morgan fingerprint density at radius 3 is 2.34 bits per heavy atom. The maximum Gasteiger partial charge on any atom is 0.327 e. The number of rotatable bonds is 6. The van der Waals surface area contributed by atoms with Gasteiger partial charge in [0.1, 0.15) is 12.1 Å². The summed E-state index contributed by atoms with van der Waals surface area (Å²) in [5, 5.41) is 4.98. The molecule has 0 spiro atoms. The molecule has 0 radical (unpaired) electrons. The summed E-state index contributed by atoms with van der Waals surface area (Å²) in [7, 11) is 0. The molecule has 1 fully saturated rings. The lowest BCUT2D eigenvalue weighted by atomic mass is 9.93. The Kier molecular flexibility index (Phi) is 6.92. The van der Waals surface area contributed by atoms with E-state index >= 15 is 0 Å². The SMILES string of the molecule is CC(C)NC(=O)C(=O)NNC(=O)CN1C(=O)N[C@](C)(CCc2ccccc2)C1=O. The molecule has 0 aliphatic carbocycles. The second-order valence-corrected chi connectivity index (χ2v) is 7.27. The molecule has 1 heterocycles. The average molecular weight is 403 g/mol. The summed E-state index contributed by atoms with van der Waals surface area (Å²) in [5.41, 5.74) is 3.85. The fourth-order valence-corrected chi connectivity index (χ4v) is 2.79. The van der Waals surface area contributed by atoms with E-state index < -0.39 is 41.7 Å². The van der Waals surface area contributed by atoms with Gasteiger partial charge in [-0.15, -0.1) is 0 Å². The van der Waals surface area contributed by atoms with Gasteiger partial charge in [0.2, 0.25) is 0 Å². The highest BCUT2D eigenvalue weighted by Gasteiger charge is 2.47.